The van der Waals surface area contributed by atoms with Crippen molar-refractivity contribution >= 4 is 17.8 Å². The zero-order valence-corrected chi connectivity index (χ0v) is 9.63. The maximum atomic E-state index is 12.1. The number of nitrogens with one attached hydrogen (secondary N) is 1. The minimum absolute atomic E-state index is 0.0866. The van der Waals surface area contributed by atoms with Gasteiger partial charge in [-0.2, -0.15) is 0 Å². The Morgan fingerprint density at radius 2 is 2.17 bits per heavy atom. The van der Waals surface area contributed by atoms with Crippen molar-refractivity contribution in [2.75, 3.05) is 32.9 Å². The van der Waals surface area contributed by atoms with Crippen molar-refractivity contribution in [1.29, 1.82) is 0 Å². The van der Waals surface area contributed by atoms with Crippen molar-refractivity contribution in [3.63, 3.8) is 0 Å². The second-order valence-electron chi connectivity index (χ2n) is 4.06. The number of amides is 2. The third-order valence-electron chi connectivity index (χ3n) is 2.84. The molecule has 100 valence electrons. The number of carboxylic acid groups (broad SMARTS) is 1. The summed E-state index contributed by atoms with van der Waals surface area (Å²) in [6.45, 7) is 0.424. The summed E-state index contributed by atoms with van der Waals surface area (Å²) in [6, 6.07) is -1.05. The number of carboxylic acids is 1. The molecule has 0 aromatic rings. The van der Waals surface area contributed by atoms with Crippen molar-refractivity contribution in [3.05, 3.63) is 0 Å². The lowest BCUT2D eigenvalue weighted by Crippen LogP contribution is -2.62. The number of rotatable bonds is 2. The smallest absolute Gasteiger partial charge is 0.328 e. The molecule has 0 radical (unpaired) electrons. The van der Waals surface area contributed by atoms with Crippen molar-refractivity contribution in [1.82, 2.24) is 10.2 Å². The van der Waals surface area contributed by atoms with Crippen molar-refractivity contribution in [3.8, 4) is 0 Å². The monoisotopic (exact) mass is 258 g/mol. The molecule has 2 fully saturated rings. The van der Waals surface area contributed by atoms with Gasteiger partial charge in [0.25, 0.3) is 5.91 Å². The highest BCUT2D eigenvalue weighted by molar-refractivity contribution is 5.92. The summed E-state index contributed by atoms with van der Waals surface area (Å²) in [4.78, 5) is 35.4. The molecular weight excluding hydrogens is 244 g/mol. The summed E-state index contributed by atoms with van der Waals surface area (Å²) in [5, 5.41) is 11.4. The van der Waals surface area contributed by atoms with E-state index < -0.39 is 24.0 Å². The number of ether oxygens (including phenoxy) is 2. The molecule has 2 saturated heterocycles. The Labute approximate surface area is 103 Å². The van der Waals surface area contributed by atoms with Crippen LogP contribution in [-0.2, 0) is 23.9 Å². The first kappa shape index (κ1) is 12.8. The molecule has 0 saturated carbocycles. The molecule has 8 heteroatoms. The van der Waals surface area contributed by atoms with Gasteiger partial charge in [0.1, 0.15) is 12.6 Å². The molecule has 2 aliphatic heterocycles. The quantitative estimate of drug-likeness (QED) is 0.583. The van der Waals surface area contributed by atoms with Gasteiger partial charge < -0.3 is 24.8 Å². The minimum atomic E-state index is -1.15. The standard InChI is InChI=1S/C10H14N2O6/c13-8-4-12(6(3-11-8)10(15)16)9(14)7-5-17-1-2-18-7/h6-7H,1-5H2,(H,11,13)(H,15,16). The molecule has 2 N–H and O–H groups in total. The van der Waals surface area contributed by atoms with Gasteiger partial charge in [0.15, 0.2) is 6.10 Å². The van der Waals surface area contributed by atoms with Crippen LogP contribution >= 0.6 is 0 Å². The molecule has 0 bridgehead atoms. The summed E-state index contributed by atoms with van der Waals surface area (Å²) >= 11 is 0. The molecule has 0 aromatic carbocycles. The van der Waals surface area contributed by atoms with Gasteiger partial charge in [-0.15, -0.1) is 0 Å². The molecular formula is C10H14N2O6. The van der Waals surface area contributed by atoms with Gasteiger partial charge in [-0.05, 0) is 0 Å². The average Bonchev–Trinajstić information content (AvgIpc) is 2.38. The van der Waals surface area contributed by atoms with Crippen molar-refractivity contribution in [2.45, 2.75) is 12.1 Å². The van der Waals surface area contributed by atoms with Crippen molar-refractivity contribution < 1.29 is 29.0 Å². The molecule has 18 heavy (non-hydrogen) atoms. The van der Waals surface area contributed by atoms with E-state index in [-0.39, 0.29) is 32.2 Å². The van der Waals surface area contributed by atoms with Gasteiger partial charge >= 0.3 is 5.97 Å². The van der Waals surface area contributed by atoms with Crippen LogP contribution < -0.4 is 5.32 Å². The Balaban J connectivity index is 2.08. The van der Waals surface area contributed by atoms with E-state index in [1.165, 1.54) is 0 Å². The minimum Gasteiger partial charge on any atom is -0.480 e. The van der Waals surface area contributed by atoms with Crippen LogP contribution in [0.25, 0.3) is 0 Å². The predicted octanol–water partition coefficient (Wildman–Crippen LogP) is -2.19. The summed E-state index contributed by atoms with van der Waals surface area (Å²) in [5.74, 6) is -2.05. The van der Waals surface area contributed by atoms with E-state index in [1.54, 1.807) is 0 Å². The topological polar surface area (TPSA) is 105 Å². The first-order chi connectivity index (χ1) is 8.59. The second kappa shape index (κ2) is 5.32. The average molecular weight is 258 g/mol. The van der Waals surface area contributed by atoms with Gasteiger partial charge in [-0.3, -0.25) is 9.59 Å². The van der Waals surface area contributed by atoms with Gasteiger partial charge in [0.05, 0.1) is 19.8 Å². The van der Waals surface area contributed by atoms with Gasteiger partial charge in [0, 0.05) is 6.54 Å². The lowest BCUT2D eigenvalue weighted by molar-refractivity contribution is -0.168. The zero-order chi connectivity index (χ0) is 13.1. The lowest BCUT2D eigenvalue weighted by atomic mass is 10.1. The molecule has 0 aliphatic carbocycles. The fourth-order valence-electron chi connectivity index (χ4n) is 1.91. The normalized spacial score (nSPS) is 28.7. The Morgan fingerprint density at radius 1 is 1.39 bits per heavy atom. The first-order valence-corrected chi connectivity index (χ1v) is 5.59. The van der Waals surface area contributed by atoms with Crippen LogP contribution in [0.2, 0.25) is 0 Å². The fourth-order valence-corrected chi connectivity index (χ4v) is 1.91. The van der Waals surface area contributed by atoms with Crippen LogP contribution in [0.15, 0.2) is 0 Å². The summed E-state index contributed by atoms with van der Waals surface area (Å²) in [5.41, 5.74) is 0. The molecule has 0 spiro atoms. The summed E-state index contributed by atoms with van der Waals surface area (Å²) < 4.78 is 10.3. The molecule has 2 amide bonds. The number of aliphatic carboxylic acids is 1. The van der Waals surface area contributed by atoms with E-state index in [9.17, 15) is 14.4 Å². The molecule has 2 rings (SSSR count). The molecule has 8 nitrogen and oxygen atoms in total. The predicted molar refractivity (Wildman–Crippen MR) is 56.7 cm³/mol. The van der Waals surface area contributed by atoms with E-state index in [2.05, 4.69) is 5.32 Å². The van der Waals surface area contributed by atoms with Crippen LogP contribution in [0.5, 0.6) is 0 Å². The number of piperazine rings is 1. The number of carbonyl (C=O) groups is 3. The Morgan fingerprint density at radius 3 is 2.78 bits per heavy atom. The molecule has 2 atom stereocenters. The summed E-state index contributed by atoms with van der Waals surface area (Å²) in [6.07, 6.45) is -0.827. The Kier molecular flexibility index (Phi) is 3.78. The highest BCUT2D eigenvalue weighted by Crippen LogP contribution is 2.11. The first-order valence-electron chi connectivity index (χ1n) is 5.59. The summed E-state index contributed by atoms with van der Waals surface area (Å²) in [7, 11) is 0. The largest absolute Gasteiger partial charge is 0.480 e. The molecule has 2 unspecified atom stereocenters. The highest BCUT2D eigenvalue weighted by atomic mass is 16.6. The lowest BCUT2D eigenvalue weighted by Gasteiger charge is -2.35. The maximum absolute atomic E-state index is 12.1. The molecule has 2 aliphatic rings. The highest BCUT2D eigenvalue weighted by Gasteiger charge is 2.39. The Hall–Kier alpha value is -1.67. The second-order valence-corrected chi connectivity index (χ2v) is 4.06. The maximum Gasteiger partial charge on any atom is 0.328 e. The van der Waals surface area contributed by atoms with Crippen LogP contribution in [0.3, 0.4) is 0 Å². The van der Waals surface area contributed by atoms with Gasteiger partial charge in [0.2, 0.25) is 5.91 Å². The number of nitrogens with zero attached hydrogens (tertiary/aromatic N) is 1. The SMILES string of the molecule is O=C1CN(C(=O)C2COCCO2)C(C(=O)O)CN1. The fraction of sp³-hybridized carbons (Fsp3) is 0.700. The number of hydrogen-bond acceptors (Lipinski definition) is 5. The van der Waals surface area contributed by atoms with Crippen LogP contribution in [0, 0.1) is 0 Å². The third-order valence-corrected chi connectivity index (χ3v) is 2.84. The van der Waals surface area contributed by atoms with Gasteiger partial charge in [-0.1, -0.05) is 0 Å². The Bertz CT molecular complexity index is 365. The van der Waals surface area contributed by atoms with Crippen LogP contribution in [-0.4, -0.2) is 72.8 Å². The number of hydrogen-bond donors (Lipinski definition) is 2. The molecule has 2 heterocycles. The van der Waals surface area contributed by atoms with Gasteiger partial charge in [-0.25, -0.2) is 4.79 Å². The van der Waals surface area contributed by atoms with Crippen LogP contribution in [0.4, 0.5) is 0 Å². The molecule has 0 aromatic heterocycles. The van der Waals surface area contributed by atoms with Crippen molar-refractivity contribution in [2.24, 2.45) is 0 Å². The van der Waals surface area contributed by atoms with E-state index >= 15 is 0 Å². The van der Waals surface area contributed by atoms with E-state index in [0.717, 1.165) is 4.90 Å². The van der Waals surface area contributed by atoms with E-state index in [1.807, 2.05) is 0 Å². The van der Waals surface area contributed by atoms with E-state index in [0.29, 0.717) is 6.61 Å². The number of carbonyl (C=O) groups excluding carboxylic acids is 2. The van der Waals surface area contributed by atoms with E-state index in [4.69, 9.17) is 14.6 Å². The van der Waals surface area contributed by atoms with Crippen LogP contribution in [0.1, 0.15) is 0 Å². The zero-order valence-electron chi connectivity index (χ0n) is 9.63. The third kappa shape index (κ3) is 2.59.